The average Bonchev–Trinajstić information content (AvgIpc) is 2.42. The van der Waals surface area contributed by atoms with E-state index in [-0.39, 0.29) is 18.7 Å². The zero-order chi connectivity index (χ0) is 14.1. The molecule has 0 aromatic rings. The van der Waals surface area contributed by atoms with Crippen molar-refractivity contribution in [1.82, 2.24) is 10.2 Å². The summed E-state index contributed by atoms with van der Waals surface area (Å²) >= 11 is 0. The molecule has 0 saturated carbocycles. The van der Waals surface area contributed by atoms with Crippen molar-refractivity contribution in [2.24, 2.45) is 5.73 Å². The van der Waals surface area contributed by atoms with Crippen LogP contribution >= 0.6 is 0 Å². The summed E-state index contributed by atoms with van der Waals surface area (Å²) in [4.78, 5) is 24.2. The zero-order valence-corrected chi connectivity index (χ0v) is 11.1. The molecule has 0 aliphatic carbocycles. The Bertz CT molecular complexity index is 293. The van der Waals surface area contributed by atoms with E-state index in [0.717, 1.165) is 39.3 Å². The van der Waals surface area contributed by atoms with Crippen molar-refractivity contribution in [3.63, 3.8) is 0 Å². The molecule has 4 N–H and O–H groups in total. The first-order chi connectivity index (χ1) is 9.09. The molecule has 1 atom stereocenters. The van der Waals surface area contributed by atoms with Gasteiger partial charge < -0.3 is 20.9 Å². The Hall–Kier alpha value is -1.18. The number of nitrogens with one attached hydrogen (secondary N) is 1. The summed E-state index contributed by atoms with van der Waals surface area (Å²) < 4.78 is 5.25. The van der Waals surface area contributed by atoms with Gasteiger partial charge in [0.15, 0.2) is 0 Å². The third kappa shape index (κ3) is 7.09. The zero-order valence-electron chi connectivity index (χ0n) is 11.1. The Morgan fingerprint density at radius 3 is 2.68 bits per heavy atom. The number of hydrogen-bond acceptors (Lipinski definition) is 5. The van der Waals surface area contributed by atoms with Gasteiger partial charge in [0.05, 0.1) is 13.2 Å². The highest BCUT2D eigenvalue weighted by Crippen LogP contribution is 1.98. The molecule has 7 nitrogen and oxygen atoms in total. The van der Waals surface area contributed by atoms with Gasteiger partial charge in [0.25, 0.3) is 0 Å². The minimum atomic E-state index is -1.07. The Balaban J connectivity index is 1.99. The smallest absolute Gasteiger partial charge is 0.320 e. The Morgan fingerprint density at radius 1 is 1.37 bits per heavy atom. The van der Waals surface area contributed by atoms with E-state index in [1.54, 1.807) is 0 Å². The van der Waals surface area contributed by atoms with Crippen LogP contribution in [0.1, 0.15) is 19.3 Å². The van der Waals surface area contributed by atoms with Crippen molar-refractivity contribution in [3.05, 3.63) is 0 Å². The van der Waals surface area contributed by atoms with Gasteiger partial charge in [-0.2, -0.15) is 0 Å². The van der Waals surface area contributed by atoms with E-state index in [1.807, 2.05) is 0 Å². The van der Waals surface area contributed by atoms with Crippen LogP contribution < -0.4 is 11.1 Å². The number of carbonyl (C=O) groups excluding carboxylic acids is 1. The number of carbonyl (C=O) groups is 2. The van der Waals surface area contributed by atoms with Crippen LogP contribution in [0.25, 0.3) is 0 Å². The number of nitrogens with zero attached hydrogens (tertiary/aromatic N) is 1. The van der Waals surface area contributed by atoms with Crippen molar-refractivity contribution in [3.8, 4) is 0 Å². The first kappa shape index (κ1) is 15.9. The Labute approximate surface area is 113 Å². The van der Waals surface area contributed by atoms with Gasteiger partial charge >= 0.3 is 5.97 Å². The predicted molar refractivity (Wildman–Crippen MR) is 69.7 cm³/mol. The number of rotatable bonds is 8. The summed E-state index contributed by atoms with van der Waals surface area (Å²) in [5, 5.41) is 11.4. The second-order valence-electron chi connectivity index (χ2n) is 4.64. The maximum atomic E-state index is 11.4. The molecule has 1 fully saturated rings. The van der Waals surface area contributed by atoms with E-state index < -0.39 is 12.0 Å². The van der Waals surface area contributed by atoms with Gasteiger partial charge in [0, 0.05) is 26.1 Å². The van der Waals surface area contributed by atoms with Crippen molar-refractivity contribution in [2.45, 2.75) is 25.3 Å². The summed E-state index contributed by atoms with van der Waals surface area (Å²) in [5.41, 5.74) is 5.32. The summed E-state index contributed by atoms with van der Waals surface area (Å²) in [6.45, 7) is 5.00. The highest BCUT2D eigenvalue weighted by molar-refractivity contribution is 5.78. The van der Waals surface area contributed by atoms with E-state index in [2.05, 4.69) is 10.2 Å². The lowest BCUT2D eigenvalue weighted by Gasteiger charge is -2.26. The van der Waals surface area contributed by atoms with Crippen LogP contribution in [0.3, 0.4) is 0 Å². The molecule has 1 aliphatic rings. The molecular formula is C12H23N3O4. The van der Waals surface area contributed by atoms with Crippen LogP contribution in [0.15, 0.2) is 0 Å². The van der Waals surface area contributed by atoms with Gasteiger partial charge in [0.1, 0.15) is 6.04 Å². The quantitative estimate of drug-likeness (QED) is 0.491. The van der Waals surface area contributed by atoms with E-state index in [4.69, 9.17) is 15.6 Å². The first-order valence-electron chi connectivity index (χ1n) is 6.65. The normalized spacial score (nSPS) is 17.9. The summed E-state index contributed by atoms with van der Waals surface area (Å²) in [7, 11) is 0. The molecule has 19 heavy (non-hydrogen) atoms. The number of carboxylic acids is 1. The van der Waals surface area contributed by atoms with Crippen LogP contribution in [0, 0.1) is 0 Å². The fourth-order valence-electron chi connectivity index (χ4n) is 1.85. The van der Waals surface area contributed by atoms with Crippen LogP contribution in [-0.4, -0.2) is 67.3 Å². The molecule has 1 rings (SSSR count). The second kappa shape index (κ2) is 8.84. The molecule has 0 aromatic heterocycles. The van der Waals surface area contributed by atoms with E-state index in [0.29, 0.717) is 6.54 Å². The van der Waals surface area contributed by atoms with E-state index in [9.17, 15) is 9.59 Å². The topological polar surface area (TPSA) is 105 Å². The van der Waals surface area contributed by atoms with Crippen LogP contribution in [-0.2, 0) is 14.3 Å². The number of aliphatic carboxylic acids is 1. The summed E-state index contributed by atoms with van der Waals surface area (Å²) in [6, 6.07) is -0.959. The minimum absolute atomic E-state index is 0.140. The van der Waals surface area contributed by atoms with Crippen molar-refractivity contribution in [2.75, 3.05) is 39.4 Å². The van der Waals surface area contributed by atoms with Gasteiger partial charge in [0.2, 0.25) is 5.91 Å². The maximum absolute atomic E-state index is 11.4. The third-order valence-corrected chi connectivity index (χ3v) is 3.08. The molecule has 0 spiro atoms. The van der Waals surface area contributed by atoms with Crippen LogP contribution in [0.2, 0.25) is 0 Å². The maximum Gasteiger partial charge on any atom is 0.320 e. The van der Waals surface area contributed by atoms with Crippen molar-refractivity contribution >= 4 is 11.9 Å². The number of hydrogen-bond donors (Lipinski definition) is 3. The molecule has 110 valence electrons. The number of nitrogens with two attached hydrogens (primary N) is 1. The molecule has 1 amide bonds. The fourth-order valence-corrected chi connectivity index (χ4v) is 1.85. The molecular weight excluding hydrogens is 250 g/mol. The lowest BCUT2D eigenvalue weighted by molar-refractivity contribution is -0.138. The molecule has 0 aromatic carbocycles. The largest absolute Gasteiger partial charge is 0.480 e. The number of ether oxygens (including phenoxy) is 1. The fraction of sp³-hybridized carbons (Fsp3) is 0.833. The van der Waals surface area contributed by atoms with Gasteiger partial charge in [-0.15, -0.1) is 0 Å². The average molecular weight is 273 g/mol. The molecule has 0 bridgehead atoms. The predicted octanol–water partition coefficient (Wildman–Crippen LogP) is -0.983. The SMILES string of the molecule is NC(CCC(=O)NCCCN1CCOCC1)C(=O)O. The minimum Gasteiger partial charge on any atom is -0.480 e. The van der Waals surface area contributed by atoms with Gasteiger partial charge in [-0.3, -0.25) is 14.5 Å². The van der Waals surface area contributed by atoms with Crippen LogP contribution in [0.5, 0.6) is 0 Å². The van der Waals surface area contributed by atoms with Gasteiger partial charge in [-0.25, -0.2) is 0 Å². The molecule has 1 saturated heterocycles. The highest BCUT2D eigenvalue weighted by atomic mass is 16.5. The lowest BCUT2D eigenvalue weighted by Crippen LogP contribution is -2.38. The molecule has 1 aliphatic heterocycles. The van der Waals surface area contributed by atoms with Crippen molar-refractivity contribution < 1.29 is 19.4 Å². The number of amides is 1. The number of carboxylic acid groups (broad SMARTS) is 1. The molecule has 7 heteroatoms. The standard InChI is InChI=1S/C12H23N3O4/c13-10(12(17)18)2-3-11(16)14-4-1-5-15-6-8-19-9-7-15/h10H,1-9,13H2,(H,14,16)(H,17,18). The molecule has 1 heterocycles. The van der Waals surface area contributed by atoms with Gasteiger partial charge in [-0.1, -0.05) is 0 Å². The monoisotopic (exact) mass is 273 g/mol. The summed E-state index contributed by atoms with van der Waals surface area (Å²) in [6.07, 6.45) is 1.21. The molecule has 1 unspecified atom stereocenters. The van der Waals surface area contributed by atoms with E-state index in [1.165, 1.54) is 0 Å². The third-order valence-electron chi connectivity index (χ3n) is 3.08. The second-order valence-corrected chi connectivity index (χ2v) is 4.64. The highest BCUT2D eigenvalue weighted by Gasteiger charge is 2.13. The van der Waals surface area contributed by atoms with Gasteiger partial charge in [-0.05, 0) is 19.4 Å². The lowest BCUT2D eigenvalue weighted by atomic mass is 10.1. The number of morpholine rings is 1. The Kier molecular flexibility index (Phi) is 7.39. The van der Waals surface area contributed by atoms with E-state index >= 15 is 0 Å². The van der Waals surface area contributed by atoms with Crippen molar-refractivity contribution in [1.29, 1.82) is 0 Å². The summed E-state index contributed by atoms with van der Waals surface area (Å²) in [5.74, 6) is -1.21. The first-order valence-corrected chi connectivity index (χ1v) is 6.65. The van der Waals surface area contributed by atoms with Crippen LogP contribution in [0.4, 0.5) is 0 Å². The Morgan fingerprint density at radius 2 is 2.05 bits per heavy atom. The molecule has 0 radical (unpaired) electrons.